The number of para-hydroxylation sites is 1. The van der Waals surface area contributed by atoms with Crippen molar-refractivity contribution in [1.29, 1.82) is 0 Å². The van der Waals surface area contributed by atoms with Crippen molar-refractivity contribution in [3.63, 3.8) is 0 Å². The molecule has 0 unspecified atom stereocenters. The lowest BCUT2D eigenvalue weighted by Crippen LogP contribution is -2.10. The van der Waals surface area contributed by atoms with Gasteiger partial charge in [-0.1, -0.05) is 35.5 Å². The second-order valence-corrected chi connectivity index (χ2v) is 7.78. The minimum atomic E-state index is 0.0757. The summed E-state index contributed by atoms with van der Waals surface area (Å²) in [5, 5.41) is 9.91. The van der Waals surface area contributed by atoms with Gasteiger partial charge in [0, 0.05) is 19.3 Å². The summed E-state index contributed by atoms with van der Waals surface area (Å²) in [5.41, 5.74) is 0.697. The quantitative estimate of drug-likeness (QED) is 0.418. The summed E-state index contributed by atoms with van der Waals surface area (Å²) in [6.07, 6.45) is 4.06. The lowest BCUT2D eigenvalue weighted by molar-refractivity contribution is 0.101. The molecule has 0 saturated heterocycles. The standard InChI is InChI=1S/C19H19ClN4O2S/c1-23-10-4-6-15(23)16(25)12-27-19-22-21-18(24(19)13-8-9-13)11-26-17-7-3-2-5-14(17)20/h2-7,10,13H,8-9,11-12H2,1H3. The van der Waals surface area contributed by atoms with E-state index in [0.29, 0.717) is 34.9 Å². The molecule has 0 N–H and O–H groups in total. The van der Waals surface area contributed by atoms with Gasteiger partial charge < -0.3 is 9.30 Å². The van der Waals surface area contributed by atoms with Crippen LogP contribution in [0.2, 0.25) is 5.02 Å². The molecule has 0 atom stereocenters. The fourth-order valence-electron chi connectivity index (χ4n) is 2.86. The minimum Gasteiger partial charge on any atom is -0.484 e. The van der Waals surface area contributed by atoms with Crippen LogP contribution in [0, 0.1) is 0 Å². The molecule has 4 rings (SSSR count). The first kappa shape index (κ1) is 18.1. The van der Waals surface area contributed by atoms with E-state index < -0.39 is 0 Å². The highest BCUT2D eigenvalue weighted by Gasteiger charge is 2.30. The third-order valence-electron chi connectivity index (χ3n) is 4.40. The third-order valence-corrected chi connectivity index (χ3v) is 5.66. The van der Waals surface area contributed by atoms with Gasteiger partial charge in [-0.3, -0.25) is 9.36 Å². The molecule has 27 heavy (non-hydrogen) atoms. The lowest BCUT2D eigenvalue weighted by Gasteiger charge is -2.10. The van der Waals surface area contributed by atoms with E-state index in [0.717, 1.165) is 23.8 Å². The molecule has 8 heteroatoms. The number of ether oxygens (including phenoxy) is 1. The van der Waals surface area contributed by atoms with Crippen molar-refractivity contribution in [2.45, 2.75) is 30.6 Å². The van der Waals surface area contributed by atoms with E-state index in [2.05, 4.69) is 14.8 Å². The van der Waals surface area contributed by atoms with Gasteiger partial charge in [0.05, 0.1) is 16.5 Å². The zero-order chi connectivity index (χ0) is 18.8. The summed E-state index contributed by atoms with van der Waals surface area (Å²) in [6.45, 7) is 0.291. The van der Waals surface area contributed by atoms with E-state index in [-0.39, 0.29) is 5.78 Å². The first-order valence-corrected chi connectivity index (χ1v) is 10.1. The second kappa shape index (κ2) is 7.78. The molecular weight excluding hydrogens is 384 g/mol. The lowest BCUT2D eigenvalue weighted by atomic mass is 10.3. The molecule has 2 aromatic heterocycles. The Morgan fingerprint density at radius 3 is 2.78 bits per heavy atom. The average Bonchev–Trinajstić information content (AvgIpc) is 3.28. The number of thioether (sulfide) groups is 1. The largest absolute Gasteiger partial charge is 0.484 e. The Morgan fingerprint density at radius 1 is 1.26 bits per heavy atom. The summed E-state index contributed by atoms with van der Waals surface area (Å²) >= 11 is 7.57. The molecule has 1 aliphatic carbocycles. The Balaban J connectivity index is 1.45. The third kappa shape index (κ3) is 4.04. The van der Waals surface area contributed by atoms with Gasteiger partial charge in [0.1, 0.15) is 12.4 Å². The molecule has 1 aromatic carbocycles. The highest BCUT2D eigenvalue weighted by atomic mass is 35.5. The van der Waals surface area contributed by atoms with Gasteiger partial charge in [-0.25, -0.2) is 0 Å². The Bertz CT molecular complexity index is 964. The first-order valence-electron chi connectivity index (χ1n) is 8.72. The van der Waals surface area contributed by atoms with Crippen molar-refractivity contribution in [2.75, 3.05) is 5.75 Å². The molecule has 0 radical (unpaired) electrons. The number of carbonyl (C=O) groups is 1. The molecule has 0 bridgehead atoms. The van der Waals surface area contributed by atoms with Crippen LogP contribution in [0.3, 0.4) is 0 Å². The molecule has 1 aliphatic rings. The van der Waals surface area contributed by atoms with Crippen molar-refractivity contribution in [2.24, 2.45) is 7.05 Å². The number of benzene rings is 1. The van der Waals surface area contributed by atoms with Crippen LogP contribution in [0.25, 0.3) is 0 Å². The Kier molecular flexibility index (Phi) is 5.22. The monoisotopic (exact) mass is 402 g/mol. The molecule has 1 saturated carbocycles. The summed E-state index contributed by atoms with van der Waals surface area (Å²) in [5.74, 6) is 1.78. The average molecular weight is 403 g/mol. The van der Waals surface area contributed by atoms with Gasteiger partial charge in [-0.05, 0) is 37.1 Å². The number of carbonyl (C=O) groups excluding carboxylic acids is 1. The number of halogens is 1. The molecular formula is C19H19ClN4O2S. The topological polar surface area (TPSA) is 61.9 Å². The number of hydrogen-bond donors (Lipinski definition) is 0. The fraction of sp³-hybridized carbons (Fsp3) is 0.316. The summed E-state index contributed by atoms with van der Waals surface area (Å²) < 4.78 is 9.75. The summed E-state index contributed by atoms with van der Waals surface area (Å²) in [4.78, 5) is 12.4. The van der Waals surface area contributed by atoms with Crippen LogP contribution in [-0.4, -0.2) is 30.9 Å². The van der Waals surface area contributed by atoms with Crippen molar-refractivity contribution in [3.8, 4) is 5.75 Å². The molecule has 0 aliphatic heterocycles. The minimum absolute atomic E-state index is 0.0757. The molecule has 6 nitrogen and oxygen atoms in total. The van der Waals surface area contributed by atoms with E-state index in [9.17, 15) is 4.79 Å². The number of hydrogen-bond acceptors (Lipinski definition) is 5. The van der Waals surface area contributed by atoms with Gasteiger partial charge in [-0.15, -0.1) is 10.2 Å². The van der Waals surface area contributed by atoms with Crippen LogP contribution >= 0.6 is 23.4 Å². The van der Waals surface area contributed by atoms with E-state index in [1.807, 2.05) is 48.1 Å². The van der Waals surface area contributed by atoms with Crippen LogP contribution in [-0.2, 0) is 13.7 Å². The maximum Gasteiger partial charge on any atom is 0.192 e. The van der Waals surface area contributed by atoms with Crippen LogP contribution in [0.15, 0.2) is 47.8 Å². The van der Waals surface area contributed by atoms with Gasteiger partial charge in [0.25, 0.3) is 0 Å². The predicted molar refractivity (Wildman–Crippen MR) is 105 cm³/mol. The molecule has 2 heterocycles. The fourth-order valence-corrected chi connectivity index (χ4v) is 3.95. The van der Waals surface area contributed by atoms with Gasteiger partial charge in [0.2, 0.25) is 0 Å². The van der Waals surface area contributed by atoms with Crippen LogP contribution in [0.5, 0.6) is 5.75 Å². The van der Waals surface area contributed by atoms with Crippen LogP contribution < -0.4 is 4.74 Å². The SMILES string of the molecule is Cn1cccc1C(=O)CSc1nnc(COc2ccccc2Cl)n1C1CC1. The second-order valence-electron chi connectivity index (χ2n) is 6.44. The Labute approximate surface area is 166 Å². The van der Waals surface area contributed by atoms with Gasteiger partial charge in [-0.2, -0.15) is 0 Å². The van der Waals surface area contributed by atoms with Crippen LogP contribution in [0.1, 0.15) is 35.2 Å². The van der Waals surface area contributed by atoms with E-state index >= 15 is 0 Å². The zero-order valence-corrected chi connectivity index (χ0v) is 16.4. The molecule has 140 valence electrons. The van der Waals surface area contributed by atoms with E-state index in [1.165, 1.54) is 11.8 Å². The molecule has 0 spiro atoms. The number of nitrogens with zero attached hydrogens (tertiary/aromatic N) is 4. The smallest absolute Gasteiger partial charge is 0.192 e. The highest BCUT2D eigenvalue weighted by Crippen LogP contribution is 2.39. The highest BCUT2D eigenvalue weighted by molar-refractivity contribution is 7.99. The van der Waals surface area contributed by atoms with Crippen molar-refractivity contribution in [1.82, 2.24) is 19.3 Å². The molecule has 1 fully saturated rings. The maximum atomic E-state index is 12.4. The molecule has 3 aromatic rings. The molecule has 0 amide bonds. The van der Waals surface area contributed by atoms with Crippen molar-refractivity contribution >= 4 is 29.1 Å². The zero-order valence-electron chi connectivity index (χ0n) is 14.8. The van der Waals surface area contributed by atoms with Crippen molar-refractivity contribution < 1.29 is 9.53 Å². The van der Waals surface area contributed by atoms with Crippen LogP contribution in [0.4, 0.5) is 0 Å². The number of Topliss-reactive ketones (excluding diaryl/α,β-unsaturated/α-hetero) is 1. The predicted octanol–water partition coefficient (Wildman–Crippen LogP) is 4.16. The summed E-state index contributed by atoms with van der Waals surface area (Å²) in [6, 6.07) is 11.4. The summed E-state index contributed by atoms with van der Waals surface area (Å²) in [7, 11) is 1.87. The Morgan fingerprint density at radius 2 is 2.07 bits per heavy atom. The number of ketones is 1. The number of aryl methyl sites for hydroxylation is 1. The van der Waals surface area contributed by atoms with E-state index in [4.69, 9.17) is 16.3 Å². The van der Waals surface area contributed by atoms with Gasteiger partial charge >= 0.3 is 0 Å². The number of rotatable bonds is 8. The van der Waals surface area contributed by atoms with Gasteiger partial charge in [0.15, 0.2) is 16.8 Å². The Hall–Kier alpha value is -2.25. The number of aromatic nitrogens is 4. The normalized spacial score (nSPS) is 13.7. The van der Waals surface area contributed by atoms with E-state index in [1.54, 1.807) is 6.07 Å². The first-order chi connectivity index (χ1) is 13.1. The maximum absolute atomic E-state index is 12.4. The van der Waals surface area contributed by atoms with Crippen molar-refractivity contribution in [3.05, 3.63) is 59.1 Å².